The average Bonchev–Trinajstić information content (AvgIpc) is 3.03. The summed E-state index contributed by atoms with van der Waals surface area (Å²) in [4.78, 5) is 0. The van der Waals surface area contributed by atoms with Crippen molar-refractivity contribution in [2.45, 2.75) is 104 Å². The van der Waals surface area contributed by atoms with E-state index in [0.717, 1.165) is 100 Å². The summed E-state index contributed by atoms with van der Waals surface area (Å²) >= 11 is 0. The molecule has 0 aliphatic heterocycles. The van der Waals surface area contributed by atoms with Crippen molar-refractivity contribution in [2.75, 3.05) is 39.6 Å². The van der Waals surface area contributed by atoms with Gasteiger partial charge < -0.3 is 28.4 Å². The molecule has 0 bridgehead atoms. The maximum absolute atomic E-state index is 6.64. The molecule has 0 saturated carbocycles. The normalized spacial score (nSPS) is 11.2. The van der Waals surface area contributed by atoms with Crippen molar-refractivity contribution >= 4 is 23.8 Å². The highest BCUT2D eigenvalue weighted by atomic mass is 31.1. The Morgan fingerprint density at radius 3 is 0.674 bits per heavy atom. The maximum atomic E-state index is 6.64. The van der Waals surface area contributed by atoms with Crippen molar-refractivity contribution in [2.24, 2.45) is 0 Å². The van der Waals surface area contributed by atoms with Gasteiger partial charge in [-0.05, 0) is 145 Å². The van der Waals surface area contributed by atoms with Crippen molar-refractivity contribution in [3.63, 3.8) is 0 Å². The van der Waals surface area contributed by atoms with Crippen LogP contribution in [0.2, 0.25) is 0 Å². The molecule has 0 heterocycles. The number of benzene rings is 3. The third-order valence-corrected chi connectivity index (χ3v) is 11.8. The molecule has 0 atom stereocenters. The lowest BCUT2D eigenvalue weighted by Gasteiger charge is -2.34. The van der Waals surface area contributed by atoms with Gasteiger partial charge in [0.2, 0.25) is 0 Å². The van der Waals surface area contributed by atoms with E-state index in [9.17, 15) is 0 Å². The van der Waals surface area contributed by atoms with Crippen LogP contribution in [0.3, 0.4) is 0 Å². The predicted octanol–water partition coefficient (Wildman–Crippen LogP) is 8.61. The van der Waals surface area contributed by atoms with Gasteiger partial charge in [-0.25, -0.2) is 0 Å². The van der Waals surface area contributed by atoms with Crippen molar-refractivity contribution in [1.82, 2.24) is 0 Å². The van der Waals surface area contributed by atoms with Gasteiger partial charge in [0, 0.05) is 32.6 Å². The van der Waals surface area contributed by atoms with Crippen LogP contribution < -0.4 is 44.3 Å². The minimum absolute atomic E-state index is 0.530. The minimum Gasteiger partial charge on any atom is -0.493 e. The van der Waals surface area contributed by atoms with Gasteiger partial charge in [0.25, 0.3) is 0 Å². The second-order valence-corrected chi connectivity index (χ2v) is 13.6. The van der Waals surface area contributed by atoms with Gasteiger partial charge in [0.15, 0.2) is 0 Å². The Hall–Kier alpha value is -3.11. The third-order valence-electron chi connectivity index (χ3n) is 8.87. The highest BCUT2D eigenvalue weighted by molar-refractivity contribution is 7.80. The van der Waals surface area contributed by atoms with Crippen LogP contribution in [0, 0.1) is 62.3 Å². The van der Waals surface area contributed by atoms with Crippen molar-refractivity contribution in [3.05, 3.63) is 50.1 Å². The fourth-order valence-electron chi connectivity index (χ4n) is 6.43. The smallest absolute Gasteiger partial charge is 0.134 e. The van der Waals surface area contributed by atoms with Gasteiger partial charge in [-0.1, -0.05) is 0 Å². The first-order valence-electron chi connectivity index (χ1n) is 16.9. The Kier molecular flexibility index (Phi) is 13.1. The van der Waals surface area contributed by atoms with Gasteiger partial charge in [-0.2, -0.15) is 0 Å². The molecule has 0 unspecified atom stereocenters. The Labute approximate surface area is 279 Å². The van der Waals surface area contributed by atoms with Crippen LogP contribution in [0.4, 0.5) is 0 Å². The van der Waals surface area contributed by atoms with Gasteiger partial charge in [0.1, 0.15) is 34.5 Å². The second kappa shape index (κ2) is 16.1. The van der Waals surface area contributed by atoms with Crippen LogP contribution in [0.1, 0.15) is 91.6 Å². The summed E-state index contributed by atoms with van der Waals surface area (Å²) in [6.07, 6.45) is 0. The molecule has 3 aromatic rings. The molecule has 0 radical (unpaired) electrons. The van der Waals surface area contributed by atoms with Crippen molar-refractivity contribution in [1.29, 1.82) is 0 Å². The molecule has 254 valence electrons. The summed E-state index contributed by atoms with van der Waals surface area (Å²) in [5.74, 6) is 5.29. The number of rotatable bonds is 15. The molecule has 0 N–H and O–H groups in total. The average molecular weight is 653 g/mol. The molecule has 0 aliphatic carbocycles. The molecular formula is C39H57O6P. The number of hydrogen-bond donors (Lipinski definition) is 0. The van der Waals surface area contributed by atoms with Crippen LogP contribution >= 0.6 is 7.92 Å². The fourth-order valence-corrected chi connectivity index (χ4v) is 9.92. The van der Waals surface area contributed by atoms with Gasteiger partial charge in [0.05, 0.1) is 39.6 Å². The lowest BCUT2D eigenvalue weighted by Crippen LogP contribution is -2.32. The maximum Gasteiger partial charge on any atom is 0.134 e. The standard InChI is InChI=1S/C39H57O6P/c1-16-40-31-22(7)25(10)37(34(28(31)13)43-19-4)46(38-26(11)23(8)32(41-17-2)29(14)35(38)44-20-5)39-27(12)24(9)33(42-18-3)30(15)36(39)45-21-6/h16-21H2,1-15H3. The zero-order valence-electron chi connectivity index (χ0n) is 31.1. The zero-order chi connectivity index (χ0) is 34.5. The topological polar surface area (TPSA) is 55.4 Å². The van der Waals surface area contributed by atoms with Gasteiger partial charge in [-0.15, -0.1) is 0 Å². The highest BCUT2D eigenvalue weighted by Crippen LogP contribution is 2.52. The highest BCUT2D eigenvalue weighted by Gasteiger charge is 2.37. The van der Waals surface area contributed by atoms with E-state index in [1.165, 1.54) is 0 Å². The molecule has 46 heavy (non-hydrogen) atoms. The lowest BCUT2D eigenvalue weighted by atomic mass is 10.0. The van der Waals surface area contributed by atoms with E-state index in [2.05, 4.69) is 62.3 Å². The first-order chi connectivity index (χ1) is 21.9. The van der Waals surface area contributed by atoms with Crippen molar-refractivity contribution in [3.8, 4) is 34.5 Å². The Bertz CT molecular complexity index is 1370. The third kappa shape index (κ3) is 6.65. The molecule has 0 fully saturated rings. The van der Waals surface area contributed by atoms with Gasteiger partial charge >= 0.3 is 0 Å². The quantitative estimate of drug-likeness (QED) is 0.153. The van der Waals surface area contributed by atoms with E-state index in [0.29, 0.717) is 39.6 Å². The minimum atomic E-state index is -1.31. The van der Waals surface area contributed by atoms with E-state index in [1.807, 2.05) is 41.5 Å². The molecule has 3 rings (SSSR count). The van der Waals surface area contributed by atoms with Crippen LogP contribution in [0.25, 0.3) is 0 Å². The van der Waals surface area contributed by atoms with E-state index in [1.54, 1.807) is 0 Å². The molecule has 0 saturated heterocycles. The first kappa shape index (κ1) is 37.3. The van der Waals surface area contributed by atoms with Crippen LogP contribution in [-0.4, -0.2) is 39.6 Å². The molecule has 0 aliphatic rings. The summed E-state index contributed by atoms with van der Waals surface area (Å²) < 4.78 is 38.7. The summed E-state index contributed by atoms with van der Waals surface area (Å²) in [5.41, 5.74) is 9.86. The molecule has 0 aromatic heterocycles. The summed E-state index contributed by atoms with van der Waals surface area (Å²) in [6, 6.07) is 0. The molecule has 7 heteroatoms. The van der Waals surface area contributed by atoms with Gasteiger partial charge in [-0.3, -0.25) is 0 Å². The number of ether oxygens (including phenoxy) is 6. The Balaban J connectivity index is 2.78. The van der Waals surface area contributed by atoms with Crippen molar-refractivity contribution < 1.29 is 28.4 Å². The molecule has 6 nitrogen and oxygen atoms in total. The molecule has 0 spiro atoms. The zero-order valence-corrected chi connectivity index (χ0v) is 32.0. The monoisotopic (exact) mass is 652 g/mol. The van der Waals surface area contributed by atoms with E-state index in [-0.39, 0.29) is 0 Å². The number of hydrogen-bond acceptors (Lipinski definition) is 6. The van der Waals surface area contributed by atoms with Crippen LogP contribution in [0.15, 0.2) is 0 Å². The van der Waals surface area contributed by atoms with E-state index >= 15 is 0 Å². The summed E-state index contributed by atoms with van der Waals surface area (Å²) in [6.45, 7) is 35.0. The van der Waals surface area contributed by atoms with Crippen LogP contribution in [0.5, 0.6) is 34.5 Å². The first-order valence-corrected chi connectivity index (χ1v) is 18.2. The molecule has 0 amide bonds. The second-order valence-electron chi connectivity index (χ2n) is 11.6. The predicted molar refractivity (Wildman–Crippen MR) is 195 cm³/mol. The Morgan fingerprint density at radius 2 is 0.478 bits per heavy atom. The SMILES string of the molecule is CCOc1c(C)c(C)c(P(c2c(C)c(C)c(OCC)c(C)c2OCC)c2c(C)c(C)c(OCC)c(C)c2OCC)c(OCC)c1C. The molecular weight excluding hydrogens is 595 g/mol. The molecule has 3 aromatic carbocycles. The lowest BCUT2D eigenvalue weighted by molar-refractivity contribution is 0.318. The van der Waals surface area contributed by atoms with Crippen LogP contribution in [-0.2, 0) is 0 Å². The Morgan fingerprint density at radius 1 is 0.283 bits per heavy atom. The summed E-state index contributed by atoms with van der Waals surface area (Å²) in [5, 5.41) is 3.48. The fraction of sp³-hybridized carbons (Fsp3) is 0.538. The van der Waals surface area contributed by atoms with E-state index < -0.39 is 7.92 Å². The largest absolute Gasteiger partial charge is 0.493 e. The summed E-state index contributed by atoms with van der Waals surface area (Å²) in [7, 11) is -1.31. The van der Waals surface area contributed by atoms with E-state index in [4.69, 9.17) is 28.4 Å².